The van der Waals surface area contributed by atoms with Gasteiger partial charge in [-0.2, -0.15) is 0 Å². The van der Waals surface area contributed by atoms with Crippen LogP contribution in [0.3, 0.4) is 0 Å². The van der Waals surface area contributed by atoms with Crippen LogP contribution in [0.4, 0.5) is 4.79 Å². The Labute approximate surface area is 146 Å². The fraction of sp³-hybridized carbons (Fsp3) is 0.412. The Balaban J connectivity index is 1.33. The summed E-state index contributed by atoms with van der Waals surface area (Å²) in [6.45, 7) is 4.14. The second-order valence-electron chi connectivity index (χ2n) is 6.16. The number of amides is 2. The van der Waals surface area contributed by atoms with Crippen LogP contribution in [-0.4, -0.2) is 40.5 Å². The van der Waals surface area contributed by atoms with Crippen LogP contribution in [0.25, 0.3) is 0 Å². The molecule has 0 bridgehead atoms. The van der Waals surface area contributed by atoms with Gasteiger partial charge < -0.3 is 15.6 Å². The van der Waals surface area contributed by atoms with Gasteiger partial charge in [-0.25, -0.2) is 9.78 Å². The quantitative estimate of drug-likeness (QED) is 0.751. The van der Waals surface area contributed by atoms with Gasteiger partial charge in [-0.15, -0.1) is 0 Å². The van der Waals surface area contributed by atoms with Crippen molar-refractivity contribution in [1.82, 2.24) is 25.5 Å². The van der Waals surface area contributed by atoms with Crippen LogP contribution in [0.1, 0.15) is 17.7 Å². The van der Waals surface area contributed by atoms with E-state index in [-0.39, 0.29) is 6.03 Å². The summed E-state index contributed by atoms with van der Waals surface area (Å²) in [5, 5.41) is 6.53. The molecule has 128 valence electrons. The molecule has 1 atom stereocenters. The molecule has 7 heteroatoms. The van der Waals surface area contributed by atoms with Gasteiger partial charge in [0.2, 0.25) is 0 Å². The van der Waals surface area contributed by atoms with Crippen molar-refractivity contribution < 1.29 is 4.79 Å². The van der Waals surface area contributed by atoms with Crippen LogP contribution in [0.15, 0.2) is 36.8 Å². The zero-order valence-corrected chi connectivity index (χ0v) is 14.2. The molecule has 0 radical (unpaired) electrons. The van der Waals surface area contributed by atoms with Gasteiger partial charge in [0, 0.05) is 43.1 Å². The van der Waals surface area contributed by atoms with Gasteiger partial charge >= 0.3 is 6.03 Å². The number of imidazole rings is 1. The first-order chi connectivity index (χ1) is 11.7. The molecule has 1 aromatic carbocycles. The van der Waals surface area contributed by atoms with E-state index in [4.69, 9.17) is 11.6 Å². The molecule has 3 N–H and O–H groups in total. The third-order valence-electron chi connectivity index (χ3n) is 4.24. The number of carbonyl (C=O) groups excluding carboxylic acids is 1. The highest BCUT2D eigenvalue weighted by Gasteiger charge is 2.23. The van der Waals surface area contributed by atoms with Crippen molar-refractivity contribution in [2.45, 2.75) is 19.5 Å². The lowest BCUT2D eigenvalue weighted by atomic mass is 10.1. The van der Waals surface area contributed by atoms with Gasteiger partial charge in [-0.05, 0) is 36.6 Å². The molecule has 6 nitrogen and oxygen atoms in total. The summed E-state index contributed by atoms with van der Waals surface area (Å²) in [5.74, 6) is 0.495. The fourth-order valence-corrected chi connectivity index (χ4v) is 3.05. The summed E-state index contributed by atoms with van der Waals surface area (Å²) in [7, 11) is 0. The number of halogens is 1. The average Bonchev–Trinajstić information content (AvgIpc) is 3.25. The van der Waals surface area contributed by atoms with E-state index in [0.717, 1.165) is 37.3 Å². The van der Waals surface area contributed by atoms with Crippen molar-refractivity contribution in [3.05, 3.63) is 53.1 Å². The van der Waals surface area contributed by atoms with Gasteiger partial charge in [0.1, 0.15) is 0 Å². The number of nitrogens with zero attached hydrogens (tertiary/aromatic N) is 2. The molecule has 3 rings (SSSR count). The van der Waals surface area contributed by atoms with E-state index in [1.54, 1.807) is 6.33 Å². The molecule has 1 aliphatic rings. The Morgan fingerprint density at radius 1 is 1.33 bits per heavy atom. The molecule has 0 saturated carbocycles. The van der Waals surface area contributed by atoms with Crippen LogP contribution >= 0.6 is 11.6 Å². The van der Waals surface area contributed by atoms with Crippen molar-refractivity contribution in [1.29, 1.82) is 0 Å². The number of likely N-dealkylation sites (tertiary alicyclic amines) is 1. The standard InChI is InChI=1S/C17H22ClN5O/c18-15-3-1-13(2-4-15)7-20-17(24)21-8-14-5-6-23(10-14)11-16-9-19-12-22-16/h1-4,9,12,14H,5-8,10-11H2,(H,19,22)(H2,20,21,24)/t14-/m0/s1. The minimum absolute atomic E-state index is 0.128. The highest BCUT2D eigenvalue weighted by Crippen LogP contribution is 2.17. The number of aromatic amines is 1. The number of hydrogen-bond acceptors (Lipinski definition) is 3. The highest BCUT2D eigenvalue weighted by atomic mass is 35.5. The Kier molecular flexibility index (Phi) is 5.72. The fourth-order valence-electron chi connectivity index (χ4n) is 2.92. The zero-order chi connectivity index (χ0) is 16.8. The molecular weight excluding hydrogens is 326 g/mol. The summed E-state index contributed by atoms with van der Waals surface area (Å²) in [4.78, 5) is 21.4. The minimum atomic E-state index is -0.128. The van der Waals surface area contributed by atoms with Gasteiger partial charge in [0.05, 0.1) is 6.33 Å². The van der Waals surface area contributed by atoms with Crippen LogP contribution in [-0.2, 0) is 13.1 Å². The molecule has 1 aliphatic heterocycles. The van der Waals surface area contributed by atoms with Gasteiger partial charge in [0.25, 0.3) is 0 Å². The van der Waals surface area contributed by atoms with Crippen LogP contribution in [0, 0.1) is 5.92 Å². The van der Waals surface area contributed by atoms with Gasteiger partial charge in [0.15, 0.2) is 0 Å². The number of carbonyl (C=O) groups is 1. The topological polar surface area (TPSA) is 73.1 Å². The van der Waals surface area contributed by atoms with Crippen LogP contribution < -0.4 is 10.6 Å². The molecule has 24 heavy (non-hydrogen) atoms. The van der Waals surface area contributed by atoms with E-state index in [1.165, 1.54) is 0 Å². The van der Waals surface area contributed by atoms with Crippen molar-refractivity contribution >= 4 is 17.6 Å². The van der Waals surface area contributed by atoms with E-state index in [2.05, 4.69) is 25.5 Å². The molecule has 1 saturated heterocycles. The molecule has 2 heterocycles. The number of aromatic nitrogens is 2. The second-order valence-corrected chi connectivity index (χ2v) is 6.59. The number of H-pyrrole nitrogens is 1. The third-order valence-corrected chi connectivity index (χ3v) is 4.49. The monoisotopic (exact) mass is 347 g/mol. The third kappa shape index (κ3) is 4.97. The first-order valence-electron chi connectivity index (χ1n) is 8.15. The lowest BCUT2D eigenvalue weighted by Gasteiger charge is -2.15. The van der Waals surface area contributed by atoms with E-state index < -0.39 is 0 Å². The van der Waals surface area contributed by atoms with E-state index in [9.17, 15) is 4.79 Å². The Morgan fingerprint density at radius 2 is 2.17 bits per heavy atom. The normalized spacial score (nSPS) is 17.8. The number of rotatable bonds is 6. The average molecular weight is 348 g/mol. The first-order valence-corrected chi connectivity index (χ1v) is 8.52. The zero-order valence-electron chi connectivity index (χ0n) is 13.5. The number of hydrogen-bond donors (Lipinski definition) is 3. The molecule has 2 aromatic rings. The molecule has 2 amide bonds. The molecule has 0 aliphatic carbocycles. The van der Waals surface area contributed by atoms with Crippen molar-refractivity contribution in [3.8, 4) is 0 Å². The lowest BCUT2D eigenvalue weighted by Crippen LogP contribution is -2.38. The van der Waals surface area contributed by atoms with E-state index in [1.807, 2.05) is 30.5 Å². The maximum absolute atomic E-state index is 11.9. The van der Waals surface area contributed by atoms with Gasteiger partial charge in [-0.3, -0.25) is 4.90 Å². The van der Waals surface area contributed by atoms with Crippen molar-refractivity contribution in [2.24, 2.45) is 5.92 Å². The lowest BCUT2D eigenvalue weighted by molar-refractivity contribution is 0.238. The minimum Gasteiger partial charge on any atom is -0.347 e. The molecule has 0 unspecified atom stereocenters. The summed E-state index contributed by atoms with van der Waals surface area (Å²) >= 11 is 5.84. The first kappa shape index (κ1) is 16.8. The summed E-state index contributed by atoms with van der Waals surface area (Å²) in [6, 6.07) is 7.34. The molecule has 1 fully saturated rings. The predicted molar refractivity (Wildman–Crippen MR) is 93.7 cm³/mol. The Morgan fingerprint density at radius 3 is 2.92 bits per heavy atom. The summed E-state index contributed by atoms with van der Waals surface area (Å²) in [6.07, 6.45) is 4.66. The van der Waals surface area contributed by atoms with Crippen molar-refractivity contribution in [2.75, 3.05) is 19.6 Å². The summed E-state index contributed by atoms with van der Waals surface area (Å²) in [5.41, 5.74) is 2.16. The Hall–Kier alpha value is -2.05. The van der Waals surface area contributed by atoms with Gasteiger partial charge in [-0.1, -0.05) is 23.7 Å². The van der Waals surface area contributed by atoms with Crippen molar-refractivity contribution in [3.63, 3.8) is 0 Å². The maximum Gasteiger partial charge on any atom is 0.315 e. The van der Waals surface area contributed by atoms with Crippen LogP contribution in [0.5, 0.6) is 0 Å². The van der Waals surface area contributed by atoms with E-state index >= 15 is 0 Å². The molecule has 0 spiro atoms. The largest absolute Gasteiger partial charge is 0.347 e. The molecule has 1 aromatic heterocycles. The predicted octanol–water partition coefficient (Wildman–Crippen LogP) is 2.38. The van der Waals surface area contributed by atoms with E-state index in [0.29, 0.717) is 24.0 Å². The Bertz CT molecular complexity index is 644. The SMILES string of the molecule is O=C(NCc1ccc(Cl)cc1)NC[C@@H]1CCN(Cc2cnc[nH]2)C1. The smallest absolute Gasteiger partial charge is 0.315 e. The number of urea groups is 1. The number of nitrogens with one attached hydrogen (secondary N) is 3. The maximum atomic E-state index is 11.9. The number of benzene rings is 1. The second kappa shape index (κ2) is 8.17. The highest BCUT2D eigenvalue weighted by molar-refractivity contribution is 6.30. The van der Waals surface area contributed by atoms with Crippen LogP contribution in [0.2, 0.25) is 5.02 Å². The summed E-state index contributed by atoms with van der Waals surface area (Å²) < 4.78 is 0. The molecular formula is C17H22ClN5O.